The summed E-state index contributed by atoms with van der Waals surface area (Å²) in [4.78, 5) is 36.7. The van der Waals surface area contributed by atoms with E-state index in [0.717, 1.165) is 11.1 Å². The lowest BCUT2D eigenvalue weighted by Gasteiger charge is -2.16. The van der Waals surface area contributed by atoms with E-state index in [1.165, 1.54) is 0 Å². The molecule has 31 heavy (non-hydrogen) atoms. The number of rotatable bonds is 6. The molecular formula is C23H18N6O2. The van der Waals surface area contributed by atoms with Crippen LogP contribution in [0.5, 0.6) is 0 Å². The van der Waals surface area contributed by atoms with Crippen LogP contribution < -0.4 is 11.1 Å². The fraction of sp³-hybridized carbons (Fsp3) is 0.0870. The maximum Gasteiger partial charge on any atom is 0.254 e. The molecule has 4 aromatic rings. The number of hydrogen-bond donors (Lipinski definition) is 3. The van der Waals surface area contributed by atoms with Gasteiger partial charge >= 0.3 is 0 Å². The van der Waals surface area contributed by atoms with Crippen molar-refractivity contribution in [1.82, 2.24) is 20.3 Å². The third-order valence-electron chi connectivity index (χ3n) is 4.88. The number of aromatic amines is 1. The van der Waals surface area contributed by atoms with Gasteiger partial charge in [-0.05, 0) is 42.0 Å². The Morgan fingerprint density at radius 3 is 2.52 bits per heavy atom. The standard InChI is InChI=1S/C23H18N6O2/c24-13-15-6-4-14(5-7-15)12-19(21(25)30)28-23(31)17-2-1-3-18-20(17)29-22(27-18)16-8-10-26-11-9-16/h1-11,19H,12H2,(H2,25,30)(H,27,29)(H,28,31)/t19-/m0/s1. The number of nitrogens with one attached hydrogen (secondary N) is 2. The average molecular weight is 410 g/mol. The van der Waals surface area contributed by atoms with E-state index in [0.29, 0.717) is 28.0 Å². The highest BCUT2D eigenvalue weighted by Gasteiger charge is 2.22. The van der Waals surface area contributed by atoms with Crippen LogP contribution in [0.3, 0.4) is 0 Å². The molecule has 8 nitrogen and oxygen atoms in total. The van der Waals surface area contributed by atoms with Crippen molar-refractivity contribution in [2.75, 3.05) is 0 Å². The van der Waals surface area contributed by atoms with Gasteiger partial charge in [-0.2, -0.15) is 5.26 Å². The first-order chi connectivity index (χ1) is 15.0. The first kappa shape index (κ1) is 19.8. The number of carbonyl (C=O) groups excluding carboxylic acids is 2. The van der Waals surface area contributed by atoms with Crippen LogP contribution in [0.15, 0.2) is 67.0 Å². The molecule has 0 aliphatic heterocycles. The van der Waals surface area contributed by atoms with Crippen LogP contribution in [0.1, 0.15) is 21.5 Å². The molecule has 2 amide bonds. The molecule has 152 valence electrons. The summed E-state index contributed by atoms with van der Waals surface area (Å²) in [6.45, 7) is 0. The quantitative estimate of drug-likeness (QED) is 0.448. The number of imidazole rings is 1. The van der Waals surface area contributed by atoms with Crippen molar-refractivity contribution in [2.24, 2.45) is 5.73 Å². The summed E-state index contributed by atoms with van der Waals surface area (Å²) in [5.74, 6) is -0.484. The summed E-state index contributed by atoms with van der Waals surface area (Å²) in [5, 5.41) is 11.6. The van der Waals surface area contributed by atoms with Gasteiger partial charge in [0, 0.05) is 24.4 Å². The zero-order valence-corrected chi connectivity index (χ0v) is 16.4. The van der Waals surface area contributed by atoms with Crippen molar-refractivity contribution in [1.29, 1.82) is 5.26 Å². The molecule has 0 aliphatic carbocycles. The van der Waals surface area contributed by atoms with Crippen LogP contribution in [0.4, 0.5) is 0 Å². The van der Waals surface area contributed by atoms with Gasteiger partial charge in [0.05, 0.1) is 22.7 Å². The third-order valence-corrected chi connectivity index (χ3v) is 4.88. The number of primary amides is 1. The van der Waals surface area contributed by atoms with E-state index in [1.807, 2.05) is 24.3 Å². The van der Waals surface area contributed by atoms with Gasteiger partial charge in [0.1, 0.15) is 17.4 Å². The van der Waals surface area contributed by atoms with Crippen molar-refractivity contribution in [2.45, 2.75) is 12.5 Å². The maximum atomic E-state index is 13.0. The number of aromatic nitrogens is 3. The fourth-order valence-corrected chi connectivity index (χ4v) is 3.27. The van der Waals surface area contributed by atoms with E-state index in [2.05, 4.69) is 20.3 Å². The minimum absolute atomic E-state index is 0.214. The van der Waals surface area contributed by atoms with Crippen LogP contribution in [-0.2, 0) is 11.2 Å². The molecule has 1 atom stereocenters. The Morgan fingerprint density at radius 1 is 1.10 bits per heavy atom. The fourth-order valence-electron chi connectivity index (χ4n) is 3.27. The van der Waals surface area contributed by atoms with Crippen LogP contribution in [-0.4, -0.2) is 32.8 Å². The number of pyridine rings is 1. The van der Waals surface area contributed by atoms with E-state index in [1.54, 1.807) is 48.8 Å². The van der Waals surface area contributed by atoms with Crippen molar-refractivity contribution in [3.63, 3.8) is 0 Å². The molecule has 0 fully saturated rings. The number of fused-ring (bicyclic) bond motifs is 1. The van der Waals surface area contributed by atoms with E-state index in [4.69, 9.17) is 11.0 Å². The van der Waals surface area contributed by atoms with Crippen molar-refractivity contribution < 1.29 is 9.59 Å². The Kier molecular flexibility index (Phi) is 5.41. The predicted octanol–water partition coefficient (Wildman–Crippen LogP) is 2.32. The number of amides is 2. The first-order valence-electron chi connectivity index (χ1n) is 9.53. The molecule has 0 unspecified atom stereocenters. The smallest absolute Gasteiger partial charge is 0.254 e. The van der Waals surface area contributed by atoms with Crippen molar-refractivity contribution >= 4 is 22.8 Å². The molecule has 0 saturated heterocycles. The lowest BCUT2D eigenvalue weighted by molar-refractivity contribution is -0.119. The molecule has 8 heteroatoms. The molecule has 0 aliphatic rings. The van der Waals surface area contributed by atoms with Crippen LogP contribution in [0, 0.1) is 11.3 Å². The molecule has 0 spiro atoms. The summed E-state index contributed by atoms with van der Waals surface area (Å²) in [6, 6.07) is 16.8. The molecule has 2 heterocycles. The van der Waals surface area contributed by atoms with Gasteiger partial charge in [0.25, 0.3) is 5.91 Å². The monoisotopic (exact) mass is 410 g/mol. The number of nitrogens with zero attached hydrogens (tertiary/aromatic N) is 3. The summed E-state index contributed by atoms with van der Waals surface area (Å²) in [5.41, 5.74) is 9.18. The zero-order valence-electron chi connectivity index (χ0n) is 16.4. The summed E-state index contributed by atoms with van der Waals surface area (Å²) < 4.78 is 0. The van der Waals surface area contributed by atoms with Gasteiger partial charge in [0.2, 0.25) is 5.91 Å². The van der Waals surface area contributed by atoms with Crippen molar-refractivity contribution in [3.8, 4) is 17.5 Å². The van der Waals surface area contributed by atoms with E-state index < -0.39 is 17.9 Å². The SMILES string of the molecule is N#Cc1ccc(C[C@H](NC(=O)c2cccc3[nH]c(-c4ccncc4)nc23)C(N)=O)cc1. The average Bonchev–Trinajstić information content (AvgIpc) is 3.24. The lowest BCUT2D eigenvalue weighted by Crippen LogP contribution is -2.45. The van der Waals surface area contributed by atoms with Crippen LogP contribution in [0.2, 0.25) is 0 Å². The minimum Gasteiger partial charge on any atom is -0.368 e. The van der Waals surface area contributed by atoms with Crippen LogP contribution >= 0.6 is 0 Å². The summed E-state index contributed by atoms with van der Waals surface area (Å²) in [6.07, 6.45) is 3.54. The molecule has 4 rings (SSSR count). The topological polar surface area (TPSA) is 138 Å². The molecule has 0 radical (unpaired) electrons. The molecule has 4 N–H and O–H groups in total. The number of carbonyl (C=O) groups is 2. The molecule has 0 bridgehead atoms. The molecule has 2 aromatic carbocycles. The second-order valence-corrected chi connectivity index (χ2v) is 6.96. The van der Waals surface area contributed by atoms with Gasteiger partial charge < -0.3 is 16.0 Å². The minimum atomic E-state index is -0.908. The van der Waals surface area contributed by atoms with E-state index in [-0.39, 0.29) is 6.42 Å². The third kappa shape index (κ3) is 4.26. The maximum absolute atomic E-state index is 13.0. The normalized spacial score (nSPS) is 11.6. The molecule has 2 aromatic heterocycles. The number of nitrogens with two attached hydrogens (primary N) is 1. The summed E-state index contributed by atoms with van der Waals surface area (Å²) >= 11 is 0. The highest BCUT2D eigenvalue weighted by Crippen LogP contribution is 2.22. The van der Waals surface area contributed by atoms with Gasteiger partial charge in [-0.25, -0.2) is 4.98 Å². The largest absolute Gasteiger partial charge is 0.368 e. The molecule has 0 saturated carbocycles. The van der Waals surface area contributed by atoms with Crippen molar-refractivity contribution in [3.05, 3.63) is 83.7 Å². The Balaban J connectivity index is 1.59. The number of hydrogen-bond acceptors (Lipinski definition) is 5. The number of para-hydroxylation sites is 1. The Morgan fingerprint density at radius 2 is 1.84 bits per heavy atom. The first-order valence-corrected chi connectivity index (χ1v) is 9.53. The number of H-pyrrole nitrogens is 1. The number of nitriles is 1. The predicted molar refractivity (Wildman–Crippen MR) is 115 cm³/mol. The highest BCUT2D eigenvalue weighted by molar-refractivity contribution is 6.06. The van der Waals surface area contributed by atoms with E-state index in [9.17, 15) is 9.59 Å². The second-order valence-electron chi connectivity index (χ2n) is 6.96. The highest BCUT2D eigenvalue weighted by atomic mass is 16.2. The lowest BCUT2D eigenvalue weighted by atomic mass is 10.0. The van der Waals surface area contributed by atoms with Gasteiger partial charge in [0.15, 0.2) is 0 Å². The number of benzene rings is 2. The van der Waals surface area contributed by atoms with Crippen LogP contribution in [0.25, 0.3) is 22.4 Å². The van der Waals surface area contributed by atoms with Gasteiger partial charge in [-0.3, -0.25) is 14.6 Å². The van der Waals surface area contributed by atoms with Gasteiger partial charge in [-0.15, -0.1) is 0 Å². The second kappa shape index (κ2) is 8.47. The van der Waals surface area contributed by atoms with E-state index >= 15 is 0 Å². The van der Waals surface area contributed by atoms with Gasteiger partial charge in [-0.1, -0.05) is 18.2 Å². The summed E-state index contributed by atoms with van der Waals surface area (Å²) in [7, 11) is 0. The Labute approximate surface area is 177 Å². The Bertz CT molecular complexity index is 1290. The zero-order chi connectivity index (χ0) is 21.8. The molecular weight excluding hydrogens is 392 g/mol. The Hall–Kier alpha value is -4.51.